The predicted molar refractivity (Wildman–Crippen MR) is 74.9 cm³/mol. The zero-order chi connectivity index (χ0) is 13.2. The van der Waals surface area contributed by atoms with E-state index in [1.807, 2.05) is 0 Å². The molecule has 1 N–H and O–H groups in total. The van der Waals surface area contributed by atoms with E-state index in [9.17, 15) is 4.79 Å². The summed E-state index contributed by atoms with van der Waals surface area (Å²) in [7, 11) is 0. The van der Waals surface area contributed by atoms with Gasteiger partial charge in [0.25, 0.3) is 0 Å². The Bertz CT molecular complexity index is 410. The first-order valence-electron chi connectivity index (χ1n) is 6.79. The van der Waals surface area contributed by atoms with E-state index in [4.69, 9.17) is 0 Å². The van der Waals surface area contributed by atoms with Gasteiger partial charge in [0, 0.05) is 12.5 Å². The van der Waals surface area contributed by atoms with Crippen LogP contribution < -0.4 is 5.32 Å². The summed E-state index contributed by atoms with van der Waals surface area (Å²) in [5, 5.41) is 3.26. The molecule has 0 atom stereocenters. The van der Waals surface area contributed by atoms with E-state index in [1.54, 1.807) is 0 Å². The molecule has 1 saturated carbocycles. The van der Waals surface area contributed by atoms with Gasteiger partial charge in [-0.25, -0.2) is 0 Å². The molecule has 2 heteroatoms. The summed E-state index contributed by atoms with van der Waals surface area (Å²) in [4.78, 5) is 11.8. The lowest BCUT2D eigenvalue weighted by atomic mass is 9.86. The molecule has 1 aromatic rings. The predicted octanol–water partition coefficient (Wildman–Crippen LogP) is 2.85. The standard InChI is InChI=1S/C16H23NO/c1-16(2,3)13-6-4-12(5-7-13)10-15(18)11-17-14-8-9-14/h4-7,14,17H,8-11H2,1-3H3. The maximum absolute atomic E-state index is 11.8. The van der Waals surface area contributed by atoms with E-state index in [0.717, 1.165) is 5.56 Å². The van der Waals surface area contributed by atoms with Gasteiger partial charge in [-0.2, -0.15) is 0 Å². The second-order valence-electron chi connectivity index (χ2n) is 6.32. The van der Waals surface area contributed by atoms with Gasteiger partial charge >= 0.3 is 0 Å². The topological polar surface area (TPSA) is 29.1 Å². The molecule has 0 radical (unpaired) electrons. The number of carbonyl (C=O) groups is 1. The molecule has 0 unspecified atom stereocenters. The van der Waals surface area contributed by atoms with E-state index in [1.165, 1.54) is 18.4 Å². The summed E-state index contributed by atoms with van der Waals surface area (Å²) in [5.41, 5.74) is 2.61. The van der Waals surface area contributed by atoms with Gasteiger partial charge in [-0.15, -0.1) is 0 Å². The Morgan fingerprint density at radius 2 is 1.83 bits per heavy atom. The van der Waals surface area contributed by atoms with Crippen LogP contribution in [-0.2, 0) is 16.6 Å². The van der Waals surface area contributed by atoms with Crippen molar-refractivity contribution in [3.05, 3.63) is 35.4 Å². The molecule has 1 fully saturated rings. The Kier molecular flexibility index (Phi) is 3.86. The SMILES string of the molecule is CC(C)(C)c1ccc(CC(=O)CNC2CC2)cc1. The van der Waals surface area contributed by atoms with Gasteiger partial charge in [-0.05, 0) is 29.4 Å². The highest BCUT2D eigenvalue weighted by Crippen LogP contribution is 2.22. The Labute approximate surface area is 110 Å². The molecule has 0 amide bonds. The van der Waals surface area contributed by atoms with Crippen molar-refractivity contribution >= 4 is 5.78 Å². The van der Waals surface area contributed by atoms with Crippen LogP contribution in [-0.4, -0.2) is 18.4 Å². The fourth-order valence-electron chi connectivity index (χ4n) is 1.96. The van der Waals surface area contributed by atoms with E-state index < -0.39 is 0 Å². The summed E-state index contributed by atoms with van der Waals surface area (Å²) >= 11 is 0. The molecule has 1 aliphatic rings. The van der Waals surface area contributed by atoms with Crippen LogP contribution in [0.3, 0.4) is 0 Å². The van der Waals surface area contributed by atoms with E-state index >= 15 is 0 Å². The Balaban J connectivity index is 1.87. The number of carbonyl (C=O) groups excluding carboxylic acids is 1. The molecule has 98 valence electrons. The molecule has 1 aromatic carbocycles. The minimum Gasteiger partial charge on any atom is -0.307 e. The minimum atomic E-state index is 0.177. The maximum atomic E-state index is 11.8. The highest BCUT2D eigenvalue weighted by Gasteiger charge is 2.21. The average molecular weight is 245 g/mol. The van der Waals surface area contributed by atoms with Gasteiger partial charge < -0.3 is 5.32 Å². The quantitative estimate of drug-likeness (QED) is 0.864. The van der Waals surface area contributed by atoms with Gasteiger partial charge in [0.15, 0.2) is 5.78 Å². The fourth-order valence-corrected chi connectivity index (χ4v) is 1.96. The van der Waals surface area contributed by atoms with E-state index in [2.05, 4.69) is 50.4 Å². The van der Waals surface area contributed by atoms with Crippen LogP contribution >= 0.6 is 0 Å². The van der Waals surface area contributed by atoms with E-state index in [0.29, 0.717) is 19.0 Å². The lowest BCUT2D eigenvalue weighted by molar-refractivity contribution is -0.117. The molecule has 0 spiro atoms. The van der Waals surface area contributed by atoms with Crippen LogP contribution in [0.5, 0.6) is 0 Å². The smallest absolute Gasteiger partial charge is 0.150 e. The van der Waals surface area contributed by atoms with Crippen LogP contribution in [0.2, 0.25) is 0 Å². The second-order valence-corrected chi connectivity index (χ2v) is 6.32. The highest BCUT2D eigenvalue weighted by molar-refractivity contribution is 5.82. The van der Waals surface area contributed by atoms with Crippen LogP contribution in [0.15, 0.2) is 24.3 Å². The van der Waals surface area contributed by atoms with Gasteiger partial charge in [-0.1, -0.05) is 45.0 Å². The van der Waals surface area contributed by atoms with Crippen molar-refractivity contribution in [2.45, 2.75) is 51.5 Å². The van der Waals surface area contributed by atoms with Gasteiger partial charge in [0.1, 0.15) is 0 Å². The van der Waals surface area contributed by atoms with Crippen LogP contribution in [0.4, 0.5) is 0 Å². The van der Waals surface area contributed by atoms with E-state index in [-0.39, 0.29) is 11.2 Å². The molecule has 0 aliphatic heterocycles. The van der Waals surface area contributed by atoms with Crippen LogP contribution in [0.1, 0.15) is 44.7 Å². The zero-order valence-electron chi connectivity index (χ0n) is 11.6. The Morgan fingerprint density at radius 1 is 1.22 bits per heavy atom. The first-order chi connectivity index (χ1) is 8.45. The van der Waals surface area contributed by atoms with Crippen LogP contribution in [0, 0.1) is 0 Å². The molecule has 2 nitrogen and oxygen atoms in total. The first kappa shape index (κ1) is 13.3. The molecular weight excluding hydrogens is 222 g/mol. The minimum absolute atomic E-state index is 0.177. The van der Waals surface area contributed by atoms with Crippen molar-refractivity contribution in [3.8, 4) is 0 Å². The molecular formula is C16H23NO. The van der Waals surface area contributed by atoms with Crippen molar-refractivity contribution in [1.82, 2.24) is 5.32 Å². The van der Waals surface area contributed by atoms with Crippen molar-refractivity contribution in [1.29, 1.82) is 0 Å². The molecule has 0 aromatic heterocycles. The van der Waals surface area contributed by atoms with Gasteiger partial charge in [-0.3, -0.25) is 4.79 Å². The normalized spacial score (nSPS) is 15.7. The summed E-state index contributed by atoms with van der Waals surface area (Å²) in [6.45, 7) is 7.12. The fraction of sp³-hybridized carbons (Fsp3) is 0.562. The van der Waals surface area contributed by atoms with Crippen molar-refractivity contribution in [3.63, 3.8) is 0 Å². The second kappa shape index (κ2) is 5.23. The number of hydrogen-bond acceptors (Lipinski definition) is 2. The number of nitrogens with one attached hydrogen (secondary N) is 1. The molecule has 0 bridgehead atoms. The molecule has 0 saturated heterocycles. The Morgan fingerprint density at radius 3 is 2.33 bits per heavy atom. The lowest BCUT2D eigenvalue weighted by Gasteiger charge is -2.19. The number of hydrogen-bond donors (Lipinski definition) is 1. The Hall–Kier alpha value is -1.15. The summed E-state index contributed by atoms with van der Waals surface area (Å²) in [6.07, 6.45) is 3.01. The first-order valence-corrected chi connectivity index (χ1v) is 6.79. The number of ketones is 1. The lowest BCUT2D eigenvalue weighted by Crippen LogP contribution is -2.25. The number of rotatable bonds is 5. The van der Waals surface area contributed by atoms with Crippen LogP contribution in [0.25, 0.3) is 0 Å². The largest absolute Gasteiger partial charge is 0.307 e. The van der Waals surface area contributed by atoms with Gasteiger partial charge in [0.05, 0.1) is 6.54 Å². The maximum Gasteiger partial charge on any atom is 0.150 e. The van der Waals surface area contributed by atoms with Crippen molar-refractivity contribution in [2.75, 3.05) is 6.54 Å². The third-order valence-electron chi connectivity index (χ3n) is 3.39. The summed E-state index contributed by atoms with van der Waals surface area (Å²) < 4.78 is 0. The highest BCUT2D eigenvalue weighted by atomic mass is 16.1. The van der Waals surface area contributed by atoms with Gasteiger partial charge in [0.2, 0.25) is 0 Å². The molecule has 0 heterocycles. The monoisotopic (exact) mass is 245 g/mol. The average Bonchev–Trinajstić information content (AvgIpc) is 3.09. The summed E-state index contributed by atoms with van der Waals surface area (Å²) in [6, 6.07) is 9.04. The summed E-state index contributed by atoms with van der Waals surface area (Å²) in [5.74, 6) is 0.283. The molecule has 18 heavy (non-hydrogen) atoms. The third-order valence-corrected chi connectivity index (χ3v) is 3.39. The third kappa shape index (κ3) is 3.95. The van der Waals surface area contributed by atoms with Crippen molar-refractivity contribution < 1.29 is 4.79 Å². The van der Waals surface area contributed by atoms with Crippen molar-refractivity contribution in [2.24, 2.45) is 0 Å². The zero-order valence-corrected chi connectivity index (χ0v) is 11.6. The number of Topliss-reactive ketones (excluding diaryl/α,β-unsaturated/α-hetero) is 1. The molecule has 2 rings (SSSR count). The molecule has 1 aliphatic carbocycles. The number of benzene rings is 1.